The molecule has 1 fully saturated rings. The molecule has 2 aliphatic heterocycles. The number of ether oxygens (including phenoxy) is 1. The van der Waals surface area contributed by atoms with E-state index in [1.807, 2.05) is 23.1 Å². The van der Waals surface area contributed by atoms with Gasteiger partial charge in [0.15, 0.2) is 0 Å². The minimum Gasteiger partial charge on any atom is -0.493 e. The van der Waals surface area contributed by atoms with Gasteiger partial charge in [0.1, 0.15) is 16.9 Å². The lowest BCUT2D eigenvalue weighted by Crippen LogP contribution is -2.30. The van der Waals surface area contributed by atoms with Crippen molar-refractivity contribution in [2.45, 2.75) is 17.5 Å². The van der Waals surface area contributed by atoms with Crippen LogP contribution in [0.4, 0.5) is 0 Å². The summed E-state index contributed by atoms with van der Waals surface area (Å²) in [5.41, 5.74) is 2.48. The standard InChI is InChI=1S/C18H19NO3S2/c20-17-12-24-18(14-3-4-16-13(10-14)5-8-22-16)19(17)6-9-23-11-15-2-1-7-21-15/h1-4,7,10,18H,5-6,8-9,11-12H2. The zero-order valence-corrected chi connectivity index (χ0v) is 14.9. The van der Waals surface area contributed by atoms with Gasteiger partial charge in [0.05, 0.1) is 24.4 Å². The Morgan fingerprint density at radius 1 is 1.33 bits per heavy atom. The van der Waals surface area contributed by atoms with E-state index in [0.717, 1.165) is 42.6 Å². The number of nitrogens with zero attached hydrogens (tertiary/aromatic N) is 1. The number of furan rings is 1. The molecule has 2 aromatic rings. The van der Waals surface area contributed by atoms with Crippen LogP contribution < -0.4 is 4.74 Å². The van der Waals surface area contributed by atoms with Crippen molar-refractivity contribution in [2.24, 2.45) is 0 Å². The molecule has 0 radical (unpaired) electrons. The zero-order chi connectivity index (χ0) is 16.4. The first-order chi connectivity index (χ1) is 11.8. The highest BCUT2D eigenvalue weighted by atomic mass is 32.2. The Hall–Kier alpha value is -1.53. The summed E-state index contributed by atoms with van der Waals surface area (Å²) in [6.45, 7) is 1.54. The fourth-order valence-electron chi connectivity index (χ4n) is 3.06. The van der Waals surface area contributed by atoms with E-state index in [1.54, 1.807) is 29.8 Å². The quantitative estimate of drug-likeness (QED) is 0.734. The Bertz CT molecular complexity index is 717. The maximum absolute atomic E-state index is 12.3. The van der Waals surface area contributed by atoms with Gasteiger partial charge in [0, 0.05) is 18.7 Å². The predicted molar refractivity (Wildman–Crippen MR) is 97.4 cm³/mol. The number of hydrogen-bond donors (Lipinski definition) is 0. The molecule has 3 heterocycles. The number of carbonyl (C=O) groups excluding carboxylic acids is 1. The van der Waals surface area contributed by atoms with Crippen molar-refractivity contribution in [3.05, 3.63) is 53.5 Å². The Balaban J connectivity index is 1.38. The molecule has 1 aromatic carbocycles. The minimum absolute atomic E-state index is 0.132. The van der Waals surface area contributed by atoms with Gasteiger partial charge in [-0.3, -0.25) is 4.79 Å². The average molecular weight is 361 g/mol. The molecule has 0 bridgehead atoms. The maximum atomic E-state index is 12.3. The number of carbonyl (C=O) groups is 1. The Labute approximate surface area is 149 Å². The lowest BCUT2D eigenvalue weighted by atomic mass is 10.1. The molecule has 0 saturated carbocycles. The molecule has 6 heteroatoms. The fourth-order valence-corrected chi connectivity index (χ4v) is 5.11. The topological polar surface area (TPSA) is 42.7 Å². The van der Waals surface area contributed by atoms with Crippen LogP contribution in [-0.4, -0.2) is 35.5 Å². The first kappa shape index (κ1) is 16.0. The third kappa shape index (κ3) is 3.30. The molecular weight excluding hydrogens is 342 g/mol. The summed E-state index contributed by atoms with van der Waals surface area (Å²) in [6.07, 6.45) is 2.66. The third-order valence-electron chi connectivity index (χ3n) is 4.27. The van der Waals surface area contributed by atoms with Crippen LogP contribution in [0.3, 0.4) is 0 Å². The number of hydrogen-bond acceptors (Lipinski definition) is 5. The molecule has 1 aromatic heterocycles. The monoisotopic (exact) mass is 361 g/mol. The van der Waals surface area contributed by atoms with Crippen molar-refractivity contribution >= 4 is 29.4 Å². The molecule has 2 aliphatic rings. The molecule has 1 saturated heterocycles. The van der Waals surface area contributed by atoms with Crippen LogP contribution >= 0.6 is 23.5 Å². The van der Waals surface area contributed by atoms with E-state index in [9.17, 15) is 4.79 Å². The van der Waals surface area contributed by atoms with E-state index in [0.29, 0.717) is 5.75 Å². The van der Waals surface area contributed by atoms with Crippen LogP contribution in [0, 0.1) is 0 Å². The summed E-state index contributed by atoms with van der Waals surface area (Å²) < 4.78 is 10.9. The van der Waals surface area contributed by atoms with Crippen LogP contribution in [0.5, 0.6) is 5.75 Å². The highest BCUT2D eigenvalue weighted by Gasteiger charge is 2.33. The highest BCUT2D eigenvalue weighted by Crippen LogP contribution is 2.40. The van der Waals surface area contributed by atoms with Gasteiger partial charge in [0.2, 0.25) is 5.91 Å². The molecule has 1 unspecified atom stereocenters. The second-order valence-electron chi connectivity index (χ2n) is 5.85. The number of amides is 1. The van der Waals surface area contributed by atoms with Gasteiger partial charge >= 0.3 is 0 Å². The van der Waals surface area contributed by atoms with Gasteiger partial charge in [0.25, 0.3) is 0 Å². The van der Waals surface area contributed by atoms with Crippen LogP contribution in [0.25, 0.3) is 0 Å². The third-order valence-corrected chi connectivity index (χ3v) is 6.48. The number of rotatable bonds is 6. The molecule has 1 amide bonds. The van der Waals surface area contributed by atoms with Crippen molar-refractivity contribution in [2.75, 3.05) is 24.7 Å². The number of benzene rings is 1. The zero-order valence-electron chi connectivity index (χ0n) is 13.3. The van der Waals surface area contributed by atoms with E-state index in [-0.39, 0.29) is 11.3 Å². The van der Waals surface area contributed by atoms with Gasteiger partial charge in [-0.25, -0.2) is 0 Å². The molecule has 1 atom stereocenters. The normalized spacial score (nSPS) is 19.6. The molecule has 0 spiro atoms. The van der Waals surface area contributed by atoms with Crippen molar-refractivity contribution < 1.29 is 13.9 Å². The lowest BCUT2D eigenvalue weighted by Gasteiger charge is -2.24. The molecule has 4 rings (SSSR count). The summed E-state index contributed by atoms with van der Waals surface area (Å²) in [5.74, 6) is 4.55. The average Bonchev–Trinajstić information content (AvgIpc) is 3.32. The Morgan fingerprint density at radius 2 is 2.29 bits per heavy atom. The first-order valence-corrected chi connectivity index (χ1v) is 10.3. The van der Waals surface area contributed by atoms with Crippen LogP contribution in [-0.2, 0) is 17.0 Å². The lowest BCUT2D eigenvalue weighted by molar-refractivity contribution is -0.127. The van der Waals surface area contributed by atoms with Crippen molar-refractivity contribution in [1.29, 1.82) is 0 Å². The molecule has 126 valence electrons. The van der Waals surface area contributed by atoms with E-state index in [2.05, 4.69) is 12.1 Å². The van der Waals surface area contributed by atoms with Crippen molar-refractivity contribution in [1.82, 2.24) is 4.90 Å². The fraction of sp³-hybridized carbons (Fsp3) is 0.389. The second-order valence-corrected chi connectivity index (χ2v) is 8.02. The van der Waals surface area contributed by atoms with Gasteiger partial charge in [-0.1, -0.05) is 6.07 Å². The molecular formula is C18H19NO3S2. The predicted octanol–water partition coefficient (Wildman–Crippen LogP) is 3.72. The van der Waals surface area contributed by atoms with Crippen LogP contribution in [0.2, 0.25) is 0 Å². The molecule has 0 aliphatic carbocycles. The van der Waals surface area contributed by atoms with Crippen LogP contribution in [0.15, 0.2) is 41.0 Å². The van der Waals surface area contributed by atoms with Crippen LogP contribution in [0.1, 0.15) is 22.3 Å². The van der Waals surface area contributed by atoms with E-state index < -0.39 is 0 Å². The molecule has 4 nitrogen and oxygen atoms in total. The summed E-state index contributed by atoms with van der Waals surface area (Å²) in [6, 6.07) is 10.2. The summed E-state index contributed by atoms with van der Waals surface area (Å²) in [5, 5.41) is 0.132. The molecule has 24 heavy (non-hydrogen) atoms. The van der Waals surface area contributed by atoms with Gasteiger partial charge < -0.3 is 14.1 Å². The minimum atomic E-state index is 0.132. The summed E-state index contributed by atoms with van der Waals surface area (Å²) in [4.78, 5) is 14.3. The second kappa shape index (κ2) is 7.15. The van der Waals surface area contributed by atoms with E-state index in [4.69, 9.17) is 9.15 Å². The van der Waals surface area contributed by atoms with E-state index >= 15 is 0 Å². The number of fused-ring (bicyclic) bond motifs is 1. The van der Waals surface area contributed by atoms with Crippen molar-refractivity contribution in [3.8, 4) is 5.75 Å². The summed E-state index contributed by atoms with van der Waals surface area (Å²) in [7, 11) is 0. The Morgan fingerprint density at radius 3 is 3.17 bits per heavy atom. The SMILES string of the molecule is O=C1CSC(c2ccc3c(c2)CCO3)N1CCSCc1ccco1. The maximum Gasteiger partial charge on any atom is 0.233 e. The van der Waals surface area contributed by atoms with E-state index in [1.165, 1.54) is 11.1 Å². The largest absolute Gasteiger partial charge is 0.493 e. The smallest absolute Gasteiger partial charge is 0.233 e. The van der Waals surface area contributed by atoms with Gasteiger partial charge in [-0.2, -0.15) is 11.8 Å². The first-order valence-electron chi connectivity index (χ1n) is 8.08. The number of thioether (sulfide) groups is 2. The van der Waals surface area contributed by atoms with Gasteiger partial charge in [-0.05, 0) is 35.4 Å². The molecule has 0 N–H and O–H groups in total. The Kier molecular flexibility index (Phi) is 4.76. The van der Waals surface area contributed by atoms with Gasteiger partial charge in [-0.15, -0.1) is 11.8 Å². The highest BCUT2D eigenvalue weighted by molar-refractivity contribution is 8.00. The van der Waals surface area contributed by atoms with Crippen molar-refractivity contribution in [3.63, 3.8) is 0 Å². The summed E-state index contributed by atoms with van der Waals surface area (Å²) >= 11 is 3.52.